The number of nitrogens with one attached hydrogen (secondary N) is 1. The van der Waals surface area contributed by atoms with Crippen molar-refractivity contribution in [3.63, 3.8) is 0 Å². The van der Waals surface area contributed by atoms with E-state index in [1.807, 2.05) is 0 Å². The molecule has 0 bridgehead atoms. The van der Waals surface area contributed by atoms with Crippen LogP contribution < -0.4 is 5.32 Å². The Morgan fingerprint density at radius 2 is 2.08 bits per heavy atom. The number of phenolic OH excluding ortho intramolecular Hbond substituents is 1. The monoisotopic (exact) mass is 353 g/mol. The van der Waals surface area contributed by atoms with Gasteiger partial charge in [0, 0.05) is 24.8 Å². The summed E-state index contributed by atoms with van der Waals surface area (Å²) in [6.07, 6.45) is -3.56. The molecule has 0 amide bonds. The number of rotatable bonds is 4. The lowest BCUT2D eigenvalue weighted by Gasteiger charge is -2.13. The number of hydrogen-bond acceptors (Lipinski definition) is 5. The summed E-state index contributed by atoms with van der Waals surface area (Å²) >= 11 is 0. The number of benzene rings is 1. The van der Waals surface area contributed by atoms with Gasteiger partial charge in [-0.2, -0.15) is 23.4 Å². The molecule has 134 valence electrons. The van der Waals surface area contributed by atoms with E-state index in [9.17, 15) is 18.3 Å². The number of aromatic nitrogens is 2. The Balaban J connectivity index is 1.77. The van der Waals surface area contributed by atoms with Gasteiger partial charge in [0.05, 0.1) is 23.6 Å². The summed E-state index contributed by atoms with van der Waals surface area (Å²) in [7, 11) is 0. The molecule has 1 aromatic heterocycles. The molecule has 0 radical (unpaired) electrons. The van der Waals surface area contributed by atoms with Gasteiger partial charge in [0.2, 0.25) is 0 Å². The molecule has 1 aliphatic heterocycles. The molecule has 1 saturated heterocycles. The Morgan fingerprint density at radius 3 is 2.64 bits per heavy atom. The van der Waals surface area contributed by atoms with Gasteiger partial charge in [-0.1, -0.05) is 0 Å². The molecule has 0 spiro atoms. The summed E-state index contributed by atoms with van der Waals surface area (Å²) in [6, 6.07) is 5.38. The molecule has 3 rings (SSSR count). The van der Waals surface area contributed by atoms with Crippen molar-refractivity contribution in [1.29, 1.82) is 0 Å². The van der Waals surface area contributed by atoms with E-state index in [1.165, 1.54) is 6.92 Å². The normalized spacial score (nSPS) is 17.8. The maximum atomic E-state index is 12.8. The van der Waals surface area contributed by atoms with Crippen molar-refractivity contribution in [3.8, 4) is 17.0 Å². The fourth-order valence-electron chi connectivity index (χ4n) is 2.80. The standard InChI is InChI=1S/C17H18F3N3O2/c1-10-6-11(17(18,19)20)7-15(24)16(10)14-3-2-12(22-23-14)8-21-13-4-5-25-9-13/h2-3,6-7,13,21,24H,4-5,8-9H2,1H3/t13-/m0/s1. The lowest BCUT2D eigenvalue weighted by molar-refractivity contribution is -0.137. The fraction of sp³-hybridized carbons (Fsp3) is 0.412. The Kier molecular flexibility index (Phi) is 4.91. The summed E-state index contributed by atoms with van der Waals surface area (Å²) in [5, 5.41) is 21.4. The number of alkyl halides is 3. The molecule has 0 saturated carbocycles. The van der Waals surface area contributed by atoms with Gasteiger partial charge < -0.3 is 15.2 Å². The lowest BCUT2D eigenvalue weighted by Crippen LogP contribution is -2.28. The first kappa shape index (κ1) is 17.6. The number of hydrogen-bond donors (Lipinski definition) is 2. The maximum absolute atomic E-state index is 12.8. The maximum Gasteiger partial charge on any atom is 0.416 e. The fourth-order valence-corrected chi connectivity index (χ4v) is 2.80. The second-order valence-corrected chi connectivity index (χ2v) is 6.04. The Labute approximate surface area is 142 Å². The van der Waals surface area contributed by atoms with Gasteiger partial charge in [-0.3, -0.25) is 0 Å². The molecule has 0 unspecified atom stereocenters. The average Bonchev–Trinajstić information content (AvgIpc) is 3.06. The van der Waals surface area contributed by atoms with E-state index in [1.54, 1.807) is 12.1 Å². The van der Waals surface area contributed by atoms with E-state index in [2.05, 4.69) is 15.5 Å². The van der Waals surface area contributed by atoms with Crippen LogP contribution >= 0.6 is 0 Å². The second-order valence-electron chi connectivity index (χ2n) is 6.04. The van der Waals surface area contributed by atoms with Crippen molar-refractivity contribution in [2.24, 2.45) is 0 Å². The zero-order chi connectivity index (χ0) is 18.0. The molecule has 1 aliphatic rings. The predicted octanol–water partition coefficient (Wildman–Crippen LogP) is 3.05. The van der Waals surface area contributed by atoms with Gasteiger partial charge >= 0.3 is 6.18 Å². The number of nitrogens with zero attached hydrogens (tertiary/aromatic N) is 2. The summed E-state index contributed by atoms with van der Waals surface area (Å²) < 4.78 is 43.7. The largest absolute Gasteiger partial charge is 0.507 e. The van der Waals surface area contributed by atoms with Crippen molar-refractivity contribution in [3.05, 3.63) is 41.1 Å². The molecule has 2 heterocycles. The molecule has 1 atom stereocenters. The molecule has 5 nitrogen and oxygen atoms in total. The van der Waals surface area contributed by atoms with Crippen LogP contribution in [0.4, 0.5) is 13.2 Å². The third kappa shape index (κ3) is 4.08. The highest BCUT2D eigenvalue weighted by Gasteiger charge is 2.32. The van der Waals surface area contributed by atoms with E-state index in [4.69, 9.17) is 4.74 Å². The number of phenols is 1. The molecule has 25 heavy (non-hydrogen) atoms. The van der Waals surface area contributed by atoms with Gasteiger partial charge in [0.15, 0.2) is 0 Å². The van der Waals surface area contributed by atoms with E-state index in [-0.39, 0.29) is 11.1 Å². The van der Waals surface area contributed by atoms with Crippen molar-refractivity contribution >= 4 is 0 Å². The van der Waals surface area contributed by atoms with Crippen LogP contribution in [-0.2, 0) is 17.5 Å². The summed E-state index contributed by atoms with van der Waals surface area (Å²) in [6.45, 7) is 3.44. The van der Waals surface area contributed by atoms with Crippen LogP contribution in [0.3, 0.4) is 0 Å². The molecule has 2 N–H and O–H groups in total. The predicted molar refractivity (Wildman–Crippen MR) is 84.9 cm³/mol. The van der Waals surface area contributed by atoms with Crippen molar-refractivity contribution in [2.75, 3.05) is 13.2 Å². The molecule has 1 aromatic carbocycles. The quantitative estimate of drug-likeness (QED) is 0.884. The smallest absolute Gasteiger partial charge is 0.416 e. The van der Waals surface area contributed by atoms with Crippen LogP contribution in [0.2, 0.25) is 0 Å². The second kappa shape index (κ2) is 6.97. The van der Waals surface area contributed by atoms with Crippen molar-refractivity contribution < 1.29 is 23.0 Å². The van der Waals surface area contributed by atoms with Crippen LogP contribution in [0.5, 0.6) is 5.75 Å². The van der Waals surface area contributed by atoms with Crippen LogP contribution in [0.1, 0.15) is 23.2 Å². The average molecular weight is 353 g/mol. The van der Waals surface area contributed by atoms with Gasteiger partial charge in [-0.25, -0.2) is 0 Å². The first-order valence-corrected chi connectivity index (χ1v) is 7.89. The van der Waals surface area contributed by atoms with Crippen molar-refractivity contribution in [2.45, 2.75) is 32.1 Å². The van der Waals surface area contributed by atoms with Gasteiger partial charge in [0.1, 0.15) is 5.75 Å². The molecule has 8 heteroatoms. The first-order valence-electron chi connectivity index (χ1n) is 7.89. The van der Waals surface area contributed by atoms with Crippen LogP contribution in [0, 0.1) is 6.92 Å². The Morgan fingerprint density at radius 1 is 1.28 bits per heavy atom. The van der Waals surface area contributed by atoms with Gasteiger partial charge in [-0.15, -0.1) is 0 Å². The SMILES string of the molecule is Cc1cc(C(F)(F)F)cc(O)c1-c1ccc(CN[C@H]2CCOC2)nn1. The number of halogens is 3. The topological polar surface area (TPSA) is 67.3 Å². The highest BCUT2D eigenvalue weighted by molar-refractivity contribution is 5.71. The van der Waals surface area contributed by atoms with Crippen molar-refractivity contribution in [1.82, 2.24) is 15.5 Å². The summed E-state index contributed by atoms with van der Waals surface area (Å²) in [4.78, 5) is 0. The Bertz CT molecular complexity index is 719. The lowest BCUT2D eigenvalue weighted by atomic mass is 10.0. The van der Waals surface area contributed by atoms with Crippen LogP contribution in [0.15, 0.2) is 24.3 Å². The van der Waals surface area contributed by atoms with Gasteiger partial charge in [0.25, 0.3) is 0 Å². The number of aromatic hydroxyl groups is 1. The van der Waals surface area contributed by atoms with E-state index < -0.39 is 17.5 Å². The first-order chi connectivity index (χ1) is 11.8. The third-order valence-corrected chi connectivity index (χ3v) is 4.12. The molecule has 2 aromatic rings. The zero-order valence-corrected chi connectivity index (χ0v) is 13.6. The van der Waals surface area contributed by atoms with Gasteiger partial charge in [-0.05, 0) is 43.2 Å². The third-order valence-electron chi connectivity index (χ3n) is 4.12. The minimum Gasteiger partial charge on any atom is -0.507 e. The molecule has 0 aliphatic carbocycles. The van der Waals surface area contributed by atoms with E-state index in [0.717, 1.165) is 19.1 Å². The summed E-state index contributed by atoms with van der Waals surface area (Å²) in [5.41, 5.74) is 0.690. The highest BCUT2D eigenvalue weighted by atomic mass is 19.4. The minimum atomic E-state index is -4.51. The van der Waals surface area contributed by atoms with Crippen LogP contribution in [-0.4, -0.2) is 34.6 Å². The van der Waals surface area contributed by atoms with Crippen LogP contribution in [0.25, 0.3) is 11.3 Å². The number of aryl methyl sites for hydroxylation is 1. The molecule has 1 fully saturated rings. The summed E-state index contributed by atoms with van der Waals surface area (Å²) in [5.74, 6) is -0.462. The minimum absolute atomic E-state index is 0.254. The zero-order valence-electron chi connectivity index (χ0n) is 13.6. The molecular weight excluding hydrogens is 335 g/mol. The molecular formula is C17H18F3N3O2. The van der Waals surface area contributed by atoms with E-state index >= 15 is 0 Å². The van der Waals surface area contributed by atoms with E-state index in [0.29, 0.717) is 36.6 Å². The Hall–Kier alpha value is -2.19. The highest BCUT2D eigenvalue weighted by Crippen LogP contribution is 2.38. The number of ether oxygens (including phenoxy) is 1.